The fourth-order valence-corrected chi connectivity index (χ4v) is 2.60. The van der Waals surface area contributed by atoms with Crippen molar-refractivity contribution in [3.63, 3.8) is 0 Å². The molecular formula is C10H13FN2O4S. The summed E-state index contributed by atoms with van der Waals surface area (Å²) in [5.41, 5.74) is -1.03. The molecule has 0 aromatic heterocycles. The first-order valence-corrected chi connectivity index (χ1v) is 6.81. The number of hydrogen-bond acceptors (Lipinski definition) is 4. The average molecular weight is 276 g/mol. The van der Waals surface area contributed by atoms with E-state index in [2.05, 4.69) is 4.72 Å². The van der Waals surface area contributed by atoms with Gasteiger partial charge in [0.2, 0.25) is 15.8 Å². The summed E-state index contributed by atoms with van der Waals surface area (Å²) in [7, 11) is -4.06. The SMILES string of the molecule is CCCCNS(=O)(=O)c1cccc(F)c1[N+](=O)[O-]. The van der Waals surface area contributed by atoms with Gasteiger partial charge in [0.25, 0.3) is 0 Å². The van der Waals surface area contributed by atoms with Crippen molar-refractivity contribution >= 4 is 15.7 Å². The number of rotatable bonds is 6. The van der Waals surface area contributed by atoms with Crippen LogP contribution in [0.2, 0.25) is 0 Å². The third kappa shape index (κ3) is 3.23. The predicted molar refractivity (Wildman–Crippen MR) is 63.2 cm³/mol. The lowest BCUT2D eigenvalue weighted by Gasteiger charge is -2.06. The molecule has 1 aromatic carbocycles. The number of nitrogens with zero attached hydrogens (tertiary/aromatic N) is 1. The lowest BCUT2D eigenvalue weighted by atomic mass is 10.3. The Morgan fingerprint density at radius 1 is 1.44 bits per heavy atom. The highest BCUT2D eigenvalue weighted by atomic mass is 32.2. The number of hydrogen-bond donors (Lipinski definition) is 1. The Morgan fingerprint density at radius 3 is 2.67 bits per heavy atom. The molecule has 0 spiro atoms. The molecule has 0 aliphatic rings. The summed E-state index contributed by atoms with van der Waals surface area (Å²) < 4.78 is 39.1. The number of nitro benzene ring substituents is 1. The van der Waals surface area contributed by atoms with Gasteiger partial charge in [0.15, 0.2) is 4.90 Å². The van der Waals surface area contributed by atoms with Crippen molar-refractivity contribution in [1.29, 1.82) is 0 Å². The van der Waals surface area contributed by atoms with Gasteiger partial charge in [-0.25, -0.2) is 13.1 Å². The summed E-state index contributed by atoms with van der Waals surface area (Å²) in [6, 6.07) is 2.98. The van der Waals surface area contributed by atoms with E-state index in [-0.39, 0.29) is 6.54 Å². The number of benzene rings is 1. The Morgan fingerprint density at radius 2 is 2.11 bits per heavy atom. The van der Waals surface area contributed by atoms with Crippen LogP contribution in [0, 0.1) is 15.9 Å². The molecule has 0 radical (unpaired) electrons. The van der Waals surface area contributed by atoms with Crippen LogP contribution >= 0.6 is 0 Å². The third-order valence-corrected chi connectivity index (χ3v) is 3.74. The minimum Gasteiger partial charge on any atom is -0.258 e. The maximum atomic E-state index is 13.3. The molecule has 1 aromatic rings. The van der Waals surface area contributed by atoms with E-state index in [1.165, 1.54) is 0 Å². The summed E-state index contributed by atoms with van der Waals surface area (Å²) in [5, 5.41) is 10.7. The van der Waals surface area contributed by atoms with Gasteiger partial charge in [-0.2, -0.15) is 4.39 Å². The van der Waals surface area contributed by atoms with Gasteiger partial charge in [-0.1, -0.05) is 19.4 Å². The number of para-hydroxylation sites is 1. The normalized spacial score (nSPS) is 11.4. The zero-order valence-electron chi connectivity index (χ0n) is 9.72. The van der Waals surface area contributed by atoms with E-state index in [1.54, 1.807) is 0 Å². The number of nitrogens with one attached hydrogen (secondary N) is 1. The Bertz CT molecular complexity index is 545. The van der Waals surface area contributed by atoms with E-state index in [0.29, 0.717) is 6.42 Å². The van der Waals surface area contributed by atoms with E-state index in [0.717, 1.165) is 24.6 Å². The van der Waals surface area contributed by atoms with Gasteiger partial charge in [-0.05, 0) is 18.6 Å². The summed E-state index contributed by atoms with van der Waals surface area (Å²) in [4.78, 5) is 9.01. The van der Waals surface area contributed by atoms with E-state index >= 15 is 0 Å². The smallest absolute Gasteiger partial charge is 0.258 e. The van der Waals surface area contributed by atoms with Gasteiger partial charge in [0.05, 0.1) is 4.92 Å². The second kappa shape index (κ2) is 5.87. The molecule has 0 saturated carbocycles. The highest BCUT2D eigenvalue weighted by Crippen LogP contribution is 2.26. The molecule has 6 nitrogen and oxygen atoms in total. The Labute approximate surface area is 104 Å². The fourth-order valence-electron chi connectivity index (χ4n) is 1.35. The number of unbranched alkanes of at least 4 members (excludes halogenated alkanes) is 1. The summed E-state index contributed by atoms with van der Waals surface area (Å²) in [6.07, 6.45) is 1.37. The standard InChI is InChI=1S/C10H13FN2O4S/c1-2-3-7-12-18(16,17)9-6-4-5-8(11)10(9)13(14)15/h4-6,12H,2-3,7H2,1H3. The second-order valence-electron chi connectivity index (χ2n) is 3.60. The van der Waals surface area contributed by atoms with Crippen LogP contribution in [0.25, 0.3) is 0 Å². The molecule has 0 saturated heterocycles. The van der Waals surface area contributed by atoms with Crippen LogP contribution < -0.4 is 4.72 Å². The summed E-state index contributed by atoms with van der Waals surface area (Å²) in [5.74, 6) is -1.17. The molecule has 8 heteroatoms. The molecule has 0 heterocycles. The first-order valence-electron chi connectivity index (χ1n) is 5.32. The van der Waals surface area contributed by atoms with Gasteiger partial charge in [-0.3, -0.25) is 10.1 Å². The van der Waals surface area contributed by atoms with Crippen molar-refractivity contribution in [3.8, 4) is 0 Å². The lowest BCUT2D eigenvalue weighted by Crippen LogP contribution is -2.25. The molecule has 0 atom stereocenters. The Kier molecular flexibility index (Phi) is 4.74. The van der Waals surface area contributed by atoms with Crippen LogP contribution in [0.3, 0.4) is 0 Å². The quantitative estimate of drug-likeness (QED) is 0.487. The fraction of sp³-hybridized carbons (Fsp3) is 0.400. The van der Waals surface area contributed by atoms with Crippen LogP contribution in [-0.2, 0) is 10.0 Å². The first kappa shape index (κ1) is 14.5. The van der Waals surface area contributed by atoms with Crippen molar-refractivity contribution in [2.45, 2.75) is 24.7 Å². The van der Waals surface area contributed by atoms with Crippen LogP contribution in [0.15, 0.2) is 23.1 Å². The average Bonchev–Trinajstić information content (AvgIpc) is 2.28. The topological polar surface area (TPSA) is 89.3 Å². The van der Waals surface area contributed by atoms with Crippen LogP contribution in [-0.4, -0.2) is 19.9 Å². The monoisotopic (exact) mass is 276 g/mol. The minimum absolute atomic E-state index is 0.159. The zero-order valence-corrected chi connectivity index (χ0v) is 10.5. The number of sulfonamides is 1. The maximum absolute atomic E-state index is 13.3. The van der Waals surface area contributed by atoms with Gasteiger partial charge in [0.1, 0.15) is 0 Å². The minimum atomic E-state index is -4.06. The zero-order chi connectivity index (χ0) is 13.8. The molecule has 0 fully saturated rings. The molecule has 0 aliphatic carbocycles. The van der Waals surface area contributed by atoms with E-state index < -0.39 is 31.3 Å². The van der Waals surface area contributed by atoms with Crippen molar-refractivity contribution in [3.05, 3.63) is 34.1 Å². The van der Waals surface area contributed by atoms with Gasteiger partial charge in [0, 0.05) is 6.54 Å². The van der Waals surface area contributed by atoms with Gasteiger partial charge < -0.3 is 0 Å². The molecule has 1 rings (SSSR count). The number of nitro groups is 1. The summed E-state index contributed by atoms with van der Waals surface area (Å²) >= 11 is 0. The largest absolute Gasteiger partial charge is 0.324 e. The highest BCUT2D eigenvalue weighted by Gasteiger charge is 2.28. The lowest BCUT2D eigenvalue weighted by molar-refractivity contribution is -0.390. The van der Waals surface area contributed by atoms with Gasteiger partial charge >= 0.3 is 5.69 Å². The van der Waals surface area contributed by atoms with Crippen LogP contribution in [0.1, 0.15) is 19.8 Å². The molecule has 18 heavy (non-hydrogen) atoms. The molecule has 1 N–H and O–H groups in total. The molecule has 0 bridgehead atoms. The van der Waals surface area contributed by atoms with E-state index in [9.17, 15) is 22.9 Å². The van der Waals surface area contributed by atoms with Gasteiger partial charge in [-0.15, -0.1) is 0 Å². The highest BCUT2D eigenvalue weighted by molar-refractivity contribution is 7.89. The summed E-state index contributed by atoms with van der Waals surface area (Å²) in [6.45, 7) is 2.03. The van der Waals surface area contributed by atoms with Crippen molar-refractivity contribution < 1.29 is 17.7 Å². The molecular weight excluding hydrogens is 263 g/mol. The van der Waals surface area contributed by atoms with E-state index in [4.69, 9.17) is 0 Å². The first-order chi connectivity index (χ1) is 8.40. The maximum Gasteiger partial charge on any atom is 0.324 e. The van der Waals surface area contributed by atoms with E-state index in [1.807, 2.05) is 6.92 Å². The number of halogens is 1. The van der Waals surface area contributed by atoms with Crippen LogP contribution in [0.5, 0.6) is 0 Å². The molecule has 0 amide bonds. The third-order valence-electron chi connectivity index (χ3n) is 2.24. The van der Waals surface area contributed by atoms with Crippen LogP contribution in [0.4, 0.5) is 10.1 Å². The predicted octanol–water partition coefficient (Wildman–Crippen LogP) is 1.81. The molecule has 100 valence electrons. The molecule has 0 unspecified atom stereocenters. The Balaban J connectivity index is 3.16. The van der Waals surface area contributed by atoms with Crippen molar-refractivity contribution in [2.75, 3.05) is 6.54 Å². The second-order valence-corrected chi connectivity index (χ2v) is 5.33. The van der Waals surface area contributed by atoms with Crippen molar-refractivity contribution in [2.24, 2.45) is 0 Å². The van der Waals surface area contributed by atoms with Crippen molar-refractivity contribution in [1.82, 2.24) is 4.72 Å². The molecule has 0 aliphatic heterocycles. The Hall–Kier alpha value is -1.54.